The van der Waals surface area contributed by atoms with E-state index in [9.17, 15) is 24.0 Å². The van der Waals surface area contributed by atoms with Crippen molar-refractivity contribution in [3.8, 4) is 0 Å². The van der Waals surface area contributed by atoms with Gasteiger partial charge >= 0.3 is 23.9 Å². The van der Waals surface area contributed by atoms with Crippen molar-refractivity contribution < 1.29 is 42.9 Å². The molecule has 0 heterocycles. The minimum Gasteiger partial charge on any atom is -0.465 e. The molecule has 0 aliphatic heterocycles. The molecule has 0 aromatic carbocycles. The van der Waals surface area contributed by atoms with Crippen LogP contribution < -0.4 is 0 Å². The van der Waals surface area contributed by atoms with Crippen LogP contribution in [0.2, 0.25) is 0 Å². The first-order valence-corrected chi connectivity index (χ1v) is 10.8. The van der Waals surface area contributed by atoms with Crippen LogP contribution in [0.4, 0.5) is 0 Å². The van der Waals surface area contributed by atoms with E-state index in [1.807, 2.05) is 0 Å². The highest BCUT2D eigenvalue weighted by Crippen LogP contribution is 2.51. The van der Waals surface area contributed by atoms with E-state index in [1.54, 1.807) is 33.8 Å². The van der Waals surface area contributed by atoms with Crippen LogP contribution in [0.25, 0.3) is 0 Å². The number of hydrogen-bond donors (Lipinski definition) is 0. The van der Waals surface area contributed by atoms with Crippen LogP contribution in [0.3, 0.4) is 0 Å². The zero-order chi connectivity index (χ0) is 23.9. The Labute approximate surface area is 187 Å². The maximum absolute atomic E-state index is 12.8. The average molecular weight is 450 g/mol. The Hall–Kier alpha value is -2.97. The molecular weight excluding hydrogens is 420 g/mol. The van der Waals surface area contributed by atoms with Crippen LogP contribution in [0.15, 0.2) is 22.8 Å². The highest BCUT2D eigenvalue weighted by atomic mass is 16.6. The lowest BCUT2D eigenvalue weighted by atomic mass is 9.81. The van der Waals surface area contributed by atoms with Gasteiger partial charge in [-0.15, -0.1) is 0 Å². The SMILES string of the molecule is CCOC(=O)C1(C(=O)OCC)CC=C(C2=C(C=O)CC(C(=O)OCC)(C(=O)OCC)C2)C1. The van der Waals surface area contributed by atoms with Gasteiger partial charge < -0.3 is 18.9 Å². The molecule has 0 saturated carbocycles. The number of hydrogen-bond acceptors (Lipinski definition) is 9. The molecule has 0 unspecified atom stereocenters. The predicted molar refractivity (Wildman–Crippen MR) is 111 cm³/mol. The van der Waals surface area contributed by atoms with Gasteiger partial charge in [0, 0.05) is 12.8 Å². The second-order valence-corrected chi connectivity index (χ2v) is 7.63. The first kappa shape index (κ1) is 25.3. The van der Waals surface area contributed by atoms with E-state index in [2.05, 4.69) is 0 Å². The molecule has 2 aliphatic carbocycles. The molecule has 32 heavy (non-hydrogen) atoms. The molecule has 9 nitrogen and oxygen atoms in total. The summed E-state index contributed by atoms with van der Waals surface area (Å²) in [5, 5.41) is 0. The average Bonchev–Trinajstić information content (AvgIpc) is 3.38. The van der Waals surface area contributed by atoms with Crippen LogP contribution in [0.1, 0.15) is 53.4 Å². The van der Waals surface area contributed by atoms with E-state index >= 15 is 0 Å². The monoisotopic (exact) mass is 450 g/mol. The second kappa shape index (κ2) is 10.6. The zero-order valence-electron chi connectivity index (χ0n) is 19.0. The lowest BCUT2D eigenvalue weighted by molar-refractivity contribution is -0.173. The number of carbonyl (C=O) groups excluding carboxylic acids is 5. The van der Waals surface area contributed by atoms with E-state index in [0.717, 1.165) is 0 Å². The van der Waals surface area contributed by atoms with Gasteiger partial charge in [0.1, 0.15) is 6.29 Å². The molecule has 9 heteroatoms. The first-order valence-electron chi connectivity index (χ1n) is 10.8. The topological polar surface area (TPSA) is 122 Å². The molecule has 0 N–H and O–H groups in total. The Bertz CT molecular complexity index is 814. The second-order valence-electron chi connectivity index (χ2n) is 7.63. The fourth-order valence-corrected chi connectivity index (χ4v) is 4.18. The molecule has 0 fully saturated rings. The predicted octanol–water partition coefficient (Wildman–Crippen LogP) is 2.22. The number of ether oxygens (including phenoxy) is 4. The van der Waals surface area contributed by atoms with E-state index in [1.165, 1.54) is 0 Å². The molecular formula is C23H30O9. The van der Waals surface area contributed by atoms with E-state index < -0.39 is 34.7 Å². The number of carbonyl (C=O) groups is 5. The van der Waals surface area contributed by atoms with E-state index in [-0.39, 0.29) is 57.7 Å². The normalized spacial score (nSPS) is 18.6. The summed E-state index contributed by atoms with van der Waals surface area (Å²) < 4.78 is 20.5. The molecule has 0 aromatic rings. The minimum atomic E-state index is -1.68. The van der Waals surface area contributed by atoms with Crippen molar-refractivity contribution in [3.05, 3.63) is 22.8 Å². The van der Waals surface area contributed by atoms with Gasteiger partial charge in [-0.3, -0.25) is 24.0 Å². The molecule has 2 rings (SSSR count). The number of allylic oxidation sites excluding steroid dienone is 4. The Kier molecular flexibility index (Phi) is 8.35. The zero-order valence-corrected chi connectivity index (χ0v) is 19.0. The maximum Gasteiger partial charge on any atom is 0.324 e. The molecule has 0 radical (unpaired) electrons. The van der Waals surface area contributed by atoms with Crippen molar-refractivity contribution in [3.63, 3.8) is 0 Å². The van der Waals surface area contributed by atoms with Crippen molar-refractivity contribution in [1.29, 1.82) is 0 Å². The third kappa shape index (κ3) is 4.47. The summed E-state index contributed by atoms with van der Waals surface area (Å²) in [6.07, 6.45) is 1.93. The first-order chi connectivity index (χ1) is 15.3. The third-order valence-electron chi connectivity index (χ3n) is 5.74. The quantitative estimate of drug-likeness (QED) is 0.213. The fourth-order valence-electron chi connectivity index (χ4n) is 4.18. The summed E-state index contributed by atoms with van der Waals surface area (Å²) in [5.41, 5.74) is -2.04. The summed E-state index contributed by atoms with van der Waals surface area (Å²) in [6, 6.07) is 0. The van der Waals surface area contributed by atoms with Gasteiger partial charge in [0.05, 0.1) is 26.4 Å². The Morgan fingerprint density at radius 1 is 0.750 bits per heavy atom. The van der Waals surface area contributed by atoms with Crippen molar-refractivity contribution in [2.24, 2.45) is 10.8 Å². The number of rotatable bonds is 10. The van der Waals surface area contributed by atoms with Crippen LogP contribution in [0, 0.1) is 10.8 Å². The number of aldehydes is 1. The standard InChI is InChI=1S/C23H30O9/c1-5-29-18(25)22(19(26)30-6-2)10-9-15(11-22)17-13-23(12-16(17)14-24,20(27)31-7-3)21(28)32-8-4/h9,14H,5-8,10-13H2,1-4H3. The van der Waals surface area contributed by atoms with Gasteiger partial charge in [-0.2, -0.15) is 0 Å². The molecule has 0 amide bonds. The highest BCUT2D eigenvalue weighted by Gasteiger charge is 2.57. The molecule has 0 aromatic heterocycles. The fraction of sp³-hybridized carbons (Fsp3) is 0.609. The van der Waals surface area contributed by atoms with Crippen molar-refractivity contribution in [2.75, 3.05) is 26.4 Å². The summed E-state index contributed by atoms with van der Waals surface area (Å²) >= 11 is 0. The Balaban J connectivity index is 2.42. The lowest BCUT2D eigenvalue weighted by Gasteiger charge is -2.26. The van der Waals surface area contributed by atoms with Crippen molar-refractivity contribution in [1.82, 2.24) is 0 Å². The number of esters is 4. The van der Waals surface area contributed by atoms with Crippen LogP contribution in [-0.4, -0.2) is 56.6 Å². The van der Waals surface area contributed by atoms with Gasteiger partial charge in [-0.1, -0.05) is 6.08 Å². The van der Waals surface area contributed by atoms with E-state index in [0.29, 0.717) is 17.4 Å². The van der Waals surface area contributed by atoms with Crippen LogP contribution >= 0.6 is 0 Å². The largest absolute Gasteiger partial charge is 0.465 e. The summed E-state index contributed by atoms with van der Waals surface area (Å²) in [5.74, 6) is -2.96. The third-order valence-corrected chi connectivity index (χ3v) is 5.74. The van der Waals surface area contributed by atoms with Gasteiger partial charge in [0.2, 0.25) is 0 Å². The van der Waals surface area contributed by atoms with Crippen LogP contribution in [-0.2, 0) is 42.9 Å². The smallest absolute Gasteiger partial charge is 0.324 e. The van der Waals surface area contributed by atoms with Crippen molar-refractivity contribution >= 4 is 30.2 Å². The van der Waals surface area contributed by atoms with Crippen LogP contribution in [0.5, 0.6) is 0 Å². The highest BCUT2D eigenvalue weighted by molar-refractivity contribution is 6.04. The summed E-state index contributed by atoms with van der Waals surface area (Å²) in [6.45, 7) is 6.81. The lowest BCUT2D eigenvalue weighted by Crippen LogP contribution is -2.41. The summed E-state index contributed by atoms with van der Waals surface area (Å²) in [4.78, 5) is 62.9. The van der Waals surface area contributed by atoms with Gasteiger partial charge in [0.25, 0.3) is 0 Å². The Morgan fingerprint density at radius 3 is 1.59 bits per heavy atom. The molecule has 2 aliphatic rings. The maximum atomic E-state index is 12.8. The van der Waals surface area contributed by atoms with Gasteiger partial charge in [0.15, 0.2) is 10.8 Å². The van der Waals surface area contributed by atoms with Gasteiger partial charge in [-0.05, 0) is 57.3 Å². The Morgan fingerprint density at radius 2 is 1.19 bits per heavy atom. The minimum absolute atomic E-state index is 0.0292. The molecule has 0 bridgehead atoms. The molecule has 0 saturated heterocycles. The summed E-state index contributed by atoms with van der Waals surface area (Å²) in [7, 11) is 0. The van der Waals surface area contributed by atoms with E-state index in [4.69, 9.17) is 18.9 Å². The molecule has 0 spiro atoms. The molecule has 176 valence electrons. The van der Waals surface area contributed by atoms with Crippen molar-refractivity contribution in [2.45, 2.75) is 53.4 Å². The van der Waals surface area contributed by atoms with Gasteiger partial charge in [-0.25, -0.2) is 0 Å². The molecule has 0 atom stereocenters.